The van der Waals surface area contributed by atoms with Crippen molar-refractivity contribution in [2.45, 2.75) is 45.6 Å². The number of carbonyl (C=O) groups excluding carboxylic acids is 1. The highest BCUT2D eigenvalue weighted by Gasteiger charge is 2.19. The zero-order valence-corrected chi connectivity index (χ0v) is 13.5. The van der Waals surface area contributed by atoms with Gasteiger partial charge in [-0.1, -0.05) is 13.3 Å². The molecule has 1 aromatic carbocycles. The third-order valence-corrected chi connectivity index (χ3v) is 3.83. The Balaban J connectivity index is 1.74. The first-order valence-electron chi connectivity index (χ1n) is 8.10. The van der Waals surface area contributed by atoms with Crippen LogP contribution in [0.5, 0.6) is 5.75 Å². The van der Waals surface area contributed by atoms with Crippen molar-refractivity contribution >= 4 is 11.7 Å². The predicted molar refractivity (Wildman–Crippen MR) is 86.8 cm³/mol. The summed E-state index contributed by atoms with van der Waals surface area (Å²) in [7, 11) is 0. The van der Waals surface area contributed by atoms with Crippen LogP contribution in [0.2, 0.25) is 0 Å². The summed E-state index contributed by atoms with van der Waals surface area (Å²) in [5.74, 6) is 0.496. The third-order valence-electron chi connectivity index (χ3n) is 3.83. The van der Waals surface area contributed by atoms with E-state index in [9.17, 15) is 4.79 Å². The van der Waals surface area contributed by atoms with Crippen LogP contribution >= 0.6 is 0 Å². The fraction of sp³-hybridized carbons (Fsp3) is 0.588. The van der Waals surface area contributed by atoms with E-state index >= 15 is 0 Å². The minimum atomic E-state index is -0.366. The van der Waals surface area contributed by atoms with Gasteiger partial charge >= 0.3 is 5.97 Å². The monoisotopic (exact) mass is 306 g/mol. The summed E-state index contributed by atoms with van der Waals surface area (Å²) < 4.78 is 6.03. The number of carbonyl (C=O) groups is 1. The molecule has 0 aromatic heterocycles. The van der Waals surface area contributed by atoms with Gasteiger partial charge in [0.15, 0.2) is 0 Å². The number of likely N-dealkylation sites (tertiary alicyclic amines) is 1. The van der Waals surface area contributed by atoms with Crippen molar-refractivity contribution in [3.05, 3.63) is 24.3 Å². The van der Waals surface area contributed by atoms with Crippen LogP contribution in [0, 0.1) is 0 Å². The smallest absolute Gasteiger partial charge is 0.329 e. The van der Waals surface area contributed by atoms with E-state index < -0.39 is 0 Å². The second-order valence-electron chi connectivity index (χ2n) is 5.73. The maximum absolute atomic E-state index is 10.7. The predicted octanol–water partition coefficient (Wildman–Crippen LogP) is 3.22. The molecule has 0 spiro atoms. The lowest BCUT2D eigenvalue weighted by molar-refractivity contribution is -0.138. The Morgan fingerprint density at radius 3 is 2.55 bits per heavy atom. The average molecular weight is 306 g/mol. The van der Waals surface area contributed by atoms with Gasteiger partial charge in [0, 0.05) is 20.0 Å². The summed E-state index contributed by atoms with van der Waals surface area (Å²) in [6.45, 7) is 7.04. The fourth-order valence-corrected chi connectivity index (χ4v) is 2.56. The SMILES string of the molecule is CCCCN1CCC(Oc2ccc(NOC(C)=O)cc2)CC1. The normalized spacial score (nSPS) is 16.3. The lowest BCUT2D eigenvalue weighted by atomic mass is 10.1. The number of piperidine rings is 1. The first-order valence-corrected chi connectivity index (χ1v) is 8.10. The first-order chi connectivity index (χ1) is 10.7. The molecule has 0 aliphatic carbocycles. The number of ether oxygens (including phenoxy) is 1. The number of hydrogen-bond donors (Lipinski definition) is 1. The fourth-order valence-electron chi connectivity index (χ4n) is 2.56. The van der Waals surface area contributed by atoms with E-state index in [1.165, 1.54) is 26.3 Å². The summed E-state index contributed by atoms with van der Waals surface area (Å²) in [6.07, 6.45) is 4.99. The molecule has 1 fully saturated rings. The molecule has 0 bridgehead atoms. The zero-order valence-electron chi connectivity index (χ0n) is 13.5. The van der Waals surface area contributed by atoms with Crippen molar-refractivity contribution in [3.63, 3.8) is 0 Å². The molecule has 0 atom stereocenters. The lowest BCUT2D eigenvalue weighted by Crippen LogP contribution is -2.38. The molecule has 1 aliphatic heterocycles. The van der Waals surface area contributed by atoms with Gasteiger partial charge in [-0.2, -0.15) is 0 Å². The van der Waals surface area contributed by atoms with Gasteiger partial charge in [0.25, 0.3) is 0 Å². The number of nitrogens with zero attached hydrogens (tertiary/aromatic N) is 1. The van der Waals surface area contributed by atoms with Gasteiger partial charge in [-0.3, -0.25) is 4.79 Å². The Morgan fingerprint density at radius 1 is 1.27 bits per heavy atom. The molecule has 22 heavy (non-hydrogen) atoms. The van der Waals surface area contributed by atoms with Gasteiger partial charge in [-0.05, 0) is 50.1 Å². The summed E-state index contributed by atoms with van der Waals surface area (Å²) in [5.41, 5.74) is 3.32. The van der Waals surface area contributed by atoms with Crippen LogP contribution in [0.4, 0.5) is 5.69 Å². The molecule has 1 heterocycles. The lowest BCUT2D eigenvalue weighted by Gasteiger charge is -2.32. The molecular formula is C17H26N2O3. The van der Waals surface area contributed by atoms with Crippen molar-refractivity contribution in [1.82, 2.24) is 4.90 Å². The summed E-state index contributed by atoms with van der Waals surface area (Å²) in [5, 5.41) is 0. The Bertz CT molecular complexity index is 453. The van der Waals surface area contributed by atoms with Gasteiger partial charge in [-0.25, -0.2) is 5.48 Å². The minimum absolute atomic E-state index is 0.296. The minimum Gasteiger partial charge on any atom is -0.490 e. The average Bonchev–Trinajstić information content (AvgIpc) is 2.53. The maximum atomic E-state index is 10.7. The van der Waals surface area contributed by atoms with Crippen LogP contribution in [-0.2, 0) is 9.63 Å². The molecule has 0 unspecified atom stereocenters. The van der Waals surface area contributed by atoms with E-state index in [-0.39, 0.29) is 5.97 Å². The zero-order chi connectivity index (χ0) is 15.8. The topological polar surface area (TPSA) is 50.8 Å². The van der Waals surface area contributed by atoms with Gasteiger partial charge in [-0.15, -0.1) is 0 Å². The van der Waals surface area contributed by atoms with Crippen LogP contribution in [0.1, 0.15) is 39.5 Å². The first kappa shape index (κ1) is 16.6. The number of hydrogen-bond acceptors (Lipinski definition) is 5. The van der Waals surface area contributed by atoms with Crippen LogP contribution in [0.25, 0.3) is 0 Å². The maximum Gasteiger partial charge on any atom is 0.329 e. The molecule has 0 radical (unpaired) electrons. The molecule has 0 amide bonds. The Labute approximate surface area is 132 Å². The van der Waals surface area contributed by atoms with Gasteiger partial charge < -0.3 is 14.5 Å². The second-order valence-corrected chi connectivity index (χ2v) is 5.73. The highest BCUT2D eigenvalue weighted by molar-refractivity contribution is 5.67. The molecule has 1 aromatic rings. The summed E-state index contributed by atoms with van der Waals surface area (Å²) in [4.78, 5) is 18.0. The van der Waals surface area contributed by atoms with E-state index in [0.29, 0.717) is 6.10 Å². The Hall–Kier alpha value is -1.75. The highest BCUT2D eigenvalue weighted by atomic mass is 16.7. The van der Waals surface area contributed by atoms with Gasteiger partial charge in [0.2, 0.25) is 0 Å². The van der Waals surface area contributed by atoms with Gasteiger partial charge in [0.1, 0.15) is 11.9 Å². The largest absolute Gasteiger partial charge is 0.490 e. The third kappa shape index (κ3) is 5.56. The van der Waals surface area contributed by atoms with Crippen LogP contribution < -0.4 is 10.2 Å². The molecule has 122 valence electrons. The number of nitrogens with one attached hydrogen (secondary N) is 1. The van der Waals surface area contributed by atoms with E-state index in [2.05, 4.69) is 17.3 Å². The number of anilines is 1. The quantitative estimate of drug-likeness (QED) is 0.784. The summed E-state index contributed by atoms with van der Waals surface area (Å²) >= 11 is 0. The van der Waals surface area contributed by atoms with E-state index in [1.54, 1.807) is 0 Å². The van der Waals surface area contributed by atoms with E-state index in [1.807, 2.05) is 24.3 Å². The molecule has 1 N–H and O–H groups in total. The molecule has 0 saturated carbocycles. The van der Waals surface area contributed by atoms with E-state index in [4.69, 9.17) is 9.57 Å². The summed E-state index contributed by atoms with van der Waals surface area (Å²) in [6, 6.07) is 7.48. The molecular weight excluding hydrogens is 280 g/mol. The van der Waals surface area contributed by atoms with Crippen molar-refractivity contribution in [2.24, 2.45) is 0 Å². The van der Waals surface area contributed by atoms with Crippen molar-refractivity contribution < 1.29 is 14.4 Å². The van der Waals surface area contributed by atoms with Gasteiger partial charge in [0.05, 0.1) is 5.69 Å². The van der Waals surface area contributed by atoms with Crippen molar-refractivity contribution in [2.75, 3.05) is 25.1 Å². The number of rotatable bonds is 7. The molecule has 2 rings (SSSR count). The molecule has 1 saturated heterocycles. The van der Waals surface area contributed by atoms with Crippen LogP contribution in [0.3, 0.4) is 0 Å². The van der Waals surface area contributed by atoms with Crippen molar-refractivity contribution in [3.8, 4) is 5.75 Å². The molecule has 5 heteroatoms. The van der Waals surface area contributed by atoms with Crippen LogP contribution in [-0.4, -0.2) is 36.6 Å². The van der Waals surface area contributed by atoms with Crippen LogP contribution in [0.15, 0.2) is 24.3 Å². The van der Waals surface area contributed by atoms with Crippen molar-refractivity contribution in [1.29, 1.82) is 0 Å². The second kappa shape index (κ2) is 8.63. The standard InChI is InChI=1S/C17H26N2O3/c1-3-4-11-19-12-9-17(10-13-19)21-16-7-5-15(6-8-16)18-22-14(2)20/h5-8,17-18H,3-4,9-13H2,1-2H3. The molecule has 5 nitrogen and oxygen atoms in total. The Morgan fingerprint density at radius 2 is 1.95 bits per heavy atom. The van der Waals surface area contributed by atoms with E-state index in [0.717, 1.165) is 37.4 Å². The Kier molecular flexibility index (Phi) is 6.52. The number of unbranched alkanes of at least 4 members (excludes halogenated alkanes) is 1. The molecule has 1 aliphatic rings. The number of benzene rings is 1. The highest BCUT2D eigenvalue weighted by Crippen LogP contribution is 2.21.